The van der Waals surface area contributed by atoms with E-state index in [2.05, 4.69) is 5.32 Å². The van der Waals surface area contributed by atoms with Crippen LogP contribution in [0.4, 0.5) is 22.7 Å². The van der Waals surface area contributed by atoms with E-state index in [9.17, 15) is 19.7 Å². The molecule has 1 heterocycles. The van der Waals surface area contributed by atoms with Crippen LogP contribution in [0.2, 0.25) is 0 Å². The van der Waals surface area contributed by atoms with Crippen molar-refractivity contribution in [2.75, 3.05) is 16.8 Å². The van der Waals surface area contributed by atoms with Gasteiger partial charge in [-0.2, -0.15) is 0 Å². The Kier molecular flexibility index (Phi) is 4.78. The van der Waals surface area contributed by atoms with Gasteiger partial charge in [0.2, 0.25) is 5.91 Å². The highest BCUT2D eigenvalue weighted by Crippen LogP contribution is 2.35. The summed E-state index contributed by atoms with van der Waals surface area (Å²) in [5.74, 6) is -1.70. The molecule has 4 rings (SSSR count). The van der Waals surface area contributed by atoms with Crippen LogP contribution in [0.15, 0.2) is 78.9 Å². The summed E-state index contributed by atoms with van der Waals surface area (Å²) in [4.78, 5) is 38.3. The minimum absolute atomic E-state index is 0.131. The number of para-hydroxylation sites is 2. The number of rotatable bonds is 4. The van der Waals surface area contributed by atoms with Gasteiger partial charge in [0.25, 0.3) is 5.69 Å². The number of Topliss-reactive ketones (excluding diaryl/α,β-unsaturated/α-hetero) is 1. The van der Waals surface area contributed by atoms with E-state index in [4.69, 9.17) is 0 Å². The number of nitrogens with zero attached hydrogens (tertiary/aromatic N) is 2. The first kappa shape index (κ1) is 18.4. The Morgan fingerprint density at radius 2 is 1.72 bits per heavy atom. The minimum atomic E-state index is -0.940. The third-order valence-corrected chi connectivity index (χ3v) is 4.85. The maximum Gasteiger partial charge on any atom is 0.271 e. The standard InChI is InChI=1S/C22H17N3O4/c26-21-18-11-4-5-12-20(18)24(16-8-2-1-3-9-16)14-19(21)22(27)23-15-7-6-10-17(13-15)25(28)29/h1-13,19H,14H2,(H,23,27). The lowest BCUT2D eigenvalue weighted by molar-refractivity contribution is -0.384. The van der Waals surface area contributed by atoms with E-state index in [1.54, 1.807) is 18.2 Å². The van der Waals surface area contributed by atoms with Crippen molar-refractivity contribution in [2.45, 2.75) is 0 Å². The summed E-state index contributed by atoms with van der Waals surface area (Å²) in [5, 5.41) is 13.6. The fourth-order valence-corrected chi connectivity index (χ4v) is 3.45. The van der Waals surface area contributed by atoms with E-state index in [1.807, 2.05) is 47.4 Å². The molecule has 0 aromatic heterocycles. The number of ketones is 1. The first-order chi connectivity index (χ1) is 14.0. The van der Waals surface area contributed by atoms with Crippen LogP contribution >= 0.6 is 0 Å². The molecule has 0 bridgehead atoms. The number of nitro groups is 1. The van der Waals surface area contributed by atoms with Gasteiger partial charge >= 0.3 is 0 Å². The molecule has 0 saturated heterocycles. The molecular formula is C22H17N3O4. The van der Waals surface area contributed by atoms with Crippen LogP contribution < -0.4 is 10.2 Å². The third kappa shape index (κ3) is 3.58. The second kappa shape index (κ2) is 7.55. The van der Waals surface area contributed by atoms with Crippen LogP contribution in [0.1, 0.15) is 10.4 Å². The van der Waals surface area contributed by atoms with Crippen molar-refractivity contribution < 1.29 is 14.5 Å². The van der Waals surface area contributed by atoms with E-state index >= 15 is 0 Å². The molecule has 1 atom stereocenters. The molecule has 144 valence electrons. The van der Waals surface area contributed by atoms with Crippen molar-refractivity contribution in [3.05, 3.63) is 94.5 Å². The summed E-state index contributed by atoms with van der Waals surface area (Å²) in [7, 11) is 0. The molecular weight excluding hydrogens is 370 g/mol. The van der Waals surface area contributed by atoms with Gasteiger partial charge in [-0.05, 0) is 30.3 Å². The highest BCUT2D eigenvalue weighted by atomic mass is 16.6. The van der Waals surface area contributed by atoms with Gasteiger partial charge in [0.05, 0.1) is 10.6 Å². The van der Waals surface area contributed by atoms with Gasteiger partial charge in [-0.1, -0.05) is 36.4 Å². The molecule has 7 heteroatoms. The zero-order chi connectivity index (χ0) is 20.4. The number of carbonyl (C=O) groups is 2. The Labute approximate surface area is 166 Å². The van der Waals surface area contributed by atoms with Crippen LogP contribution in [0.5, 0.6) is 0 Å². The molecule has 1 amide bonds. The lowest BCUT2D eigenvalue weighted by Crippen LogP contribution is -2.42. The van der Waals surface area contributed by atoms with Gasteiger partial charge in [0, 0.05) is 35.6 Å². The summed E-state index contributed by atoms with van der Waals surface area (Å²) in [6, 6.07) is 22.4. The van der Waals surface area contributed by atoms with Gasteiger partial charge < -0.3 is 10.2 Å². The number of carbonyl (C=O) groups excluding carboxylic acids is 2. The van der Waals surface area contributed by atoms with Crippen LogP contribution in [0.25, 0.3) is 0 Å². The summed E-state index contributed by atoms with van der Waals surface area (Å²) in [5.41, 5.74) is 2.25. The van der Waals surface area contributed by atoms with E-state index in [1.165, 1.54) is 18.2 Å². The molecule has 1 aliphatic rings. The highest BCUT2D eigenvalue weighted by Gasteiger charge is 2.37. The van der Waals surface area contributed by atoms with E-state index in [-0.39, 0.29) is 23.7 Å². The van der Waals surface area contributed by atoms with Gasteiger partial charge in [-0.25, -0.2) is 0 Å². The highest BCUT2D eigenvalue weighted by molar-refractivity contribution is 6.18. The normalized spacial score (nSPS) is 15.5. The second-order valence-electron chi connectivity index (χ2n) is 6.68. The number of nitrogens with one attached hydrogen (secondary N) is 1. The number of benzene rings is 3. The average Bonchev–Trinajstić information content (AvgIpc) is 2.75. The van der Waals surface area contributed by atoms with Crippen molar-refractivity contribution in [2.24, 2.45) is 5.92 Å². The van der Waals surface area contributed by atoms with E-state index in [0.29, 0.717) is 5.56 Å². The Morgan fingerprint density at radius 1 is 1.00 bits per heavy atom. The van der Waals surface area contributed by atoms with Crippen molar-refractivity contribution >= 4 is 34.4 Å². The number of non-ortho nitro benzene ring substituents is 1. The molecule has 3 aromatic carbocycles. The number of hydrogen-bond donors (Lipinski definition) is 1. The molecule has 29 heavy (non-hydrogen) atoms. The summed E-state index contributed by atoms with van der Waals surface area (Å²) < 4.78 is 0. The molecule has 1 unspecified atom stereocenters. The fraction of sp³-hybridized carbons (Fsp3) is 0.0909. The number of anilines is 3. The number of hydrogen-bond acceptors (Lipinski definition) is 5. The number of fused-ring (bicyclic) bond motifs is 1. The quantitative estimate of drug-likeness (QED) is 0.412. The molecule has 7 nitrogen and oxygen atoms in total. The smallest absolute Gasteiger partial charge is 0.271 e. The molecule has 0 radical (unpaired) electrons. The van der Waals surface area contributed by atoms with Crippen LogP contribution in [-0.4, -0.2) is 23.2 Å². The molecule has 0 aliphatic carbocycles. The third-order valence-electron chi connectivity index (χ3n) is 4.85. The lowest BCUT2D eigenvalue weighted by atomic mass is 9.89. The lowest BCUT2D eigenvalue weighted by Gasteiger charge is -2.34. The van der Waals surface area contributed by atoms with Crippen molar-refractivity contribution in [3.8, 4) is 0 Å². The maximum absolute atomic E-state index is 13.0. The van der Waals surface area contributed by atoms with Gasteiger partial charge in [-0.3, -0.25) is 19.7 Å². The van der Waals surface area contributed by atoms with Gasteiger partial charge in [0.1, 0.15) is 5.92 Å². The number of amides is 1. The van der Waals surface area contributed by atoms with Crippen molar-refractivity contribution in [1.29, 1.82) is 0 Å². The Hall–Kier alpha value is -4.00. The van der Waals surface area contributed by atoms with E-state index in [0.717, 1.165) is 11.4 Å². The minimum Gasteiger partial charge on any atom is -0.340 e. The van der Waals surface area contributed by atoms with Crippen LogP contribution in [0.3, 0.4) is 0 Å². The zero-order valence-electron chi connectivity index (χ0n) is 15.3. The first-order valence-electron chi connectivity index (χ1n) is 9.06. The predicted molar refractivity (Wildman–Crippen MR) is 109 cm³/mol. The Morgan fingerprint density at radius 3 is 2.48 bits per heavy atom. The Balaban J connectivity index is 1.66. The van der Waals surface area contributed by atoms with Crippen LogP contribution in [0, 0.1) is 16.0 Å². The fourth-order valence-electron chi connectivity index (χ4n) is 3.45. The van der Waals surface area contributed by atoms with Crippen molar-refractivity contribution in [1.82, 2.24) is 0 Å². The average molecular weight is 387 g/mol. The SMILES string of the molecule is O=C(Nc1cccc([N+](=O)[O-])c1)C1CN(c2ccccc2)c2ccccc2C1=O. The molecule has 0 fully saturated rings. The molecule has 1 N–H and O–H groups in total. The summed E-state index contributed by atoms with van der Waals surface area (Å²) >= 11 is 0. The predicted octanol–water partition coefficient (Wildman–Crippen LogP) is 4.18. The summed E-state index contributed by atoms with van der Waals surface area (Å²) in [6.07, 6.45) is 0. The molecule has 0 spiro atoms. The topological polar surface area (TPSA) is 92.5 Å². The first-order valence-corrected chi connectivity index (χ1v) is 9.06. The second-order valence-corrected chi connectivity index (χ2v) is 6.68. The van der Waals surface area contributed by atoms with Crippen LogP contribution in [-0.2, 0) is 4.79 Å². The maximum atomic E-state index is 13.0. The molecule has 0 saturated carbocycles. The van der Waals surface area contributed by atoms with E-state index < -0.39 is 16.7 Å². The zero-order valence-corrected chi connectivity index (χ0v) is 15.3. The monoisotopic (exact) mass is 387 g/mol. The summed E-state index contributed by atoms with van der Waals surface area (Å²) in [6.45, 7) is 0.181. The molecule has 3 aromatic rings. The Bertz CT molecular complexity index is 1100. The largest absolute Gasteiger partial charge is 0.340 e. The molecule has 1 aliphatic heterocycles. The van der Waals surface area contributed by atoms with Gasteiger partial charge in [-0.15, -0.1) is 0 Å². The van der Waals surface area contributed by atoms with Crippen molar-refractivity contribution in [3.63, 3.8) is 0 Å². The van der Waals surface area contributed by atoms with Gasteiger partial charge in [0.15, 0.2) is 5.78 Å². The number of nitro benzene ring substituents is 1.